The molecule has 2 fully saturated rings. The summed E-state index contributed by atoms with van der Waals surface area (Å²) in [5.41, 5.74) is 1.33. The van der Waals surface area contributed by atoms with Gasteiger partial charge in [0.25, 0.3) is 5.56 Å². The molecule has 9 nitrogen and oxygen atoms in total. The van der Waals surface area contributed by atoms with Crippen molar-refractivity contribution in [1.29, 1.82) is 0 Å². The van der Waals surface area contributed by atoms with Crippen molar-refractivity contribution in [3.63, 3.8) is 0 Å². The van der Waals surface area contributed by atoms with E-state index in [1.807, 2.05) is 22.9 Å². The van der Waals surface area contributed by atoms with Crippen molar-refractivity contribution in [1.82, 2.24) is 30.1 Å². The van der Waals surface area contributed by atoms with Crippen LogP contribution < -0.4 is 15.0 Å². The number of nitrogens with one attached hydrogen (secondary N) is 1. The maximum absolute atomic E-state index is 13.5. The number of nitrogens with zero attached hydrogens (tertiary/aromatic N) is 5. The molecule has 174 valence electrons. The molecule has 1 aromatic carbocycles. The van der Waals surface area contributed by atoms with Crippen molar-refractivity contribution in [2.45, 2.75) is 69.9 Å². The van der Waals surface area contributed by atoms with Gasteiger partial charge < -0.3 is 14.5 Å². The van der Waals surface area contributed by atoms with Crippen molar-refractivity contribution in [2.24, 2.45) is 0 Å². The van der Waals surface area contributed by atoms with Crippen molar-refractivity contribution < 1.29 is 9.47 Å². The zero-order valence-electron chi connectivity index (χ0n) is 18.8. The molecule has 6 rings (SSSR count). The summed E-state index contributed by atoms with van der Waals surface area (Å²) in [6.07, 6.45) is 10.5. The van der Waals surface area contributed by atoms with E-state index in [4.69, 9.17) is 9.47 Å². The third-order valence-corrected chi connectivity index (χ3v) is 7.35. The largest absolute Gasteiger partial charge is 0.454 e. The molecule has 1 unspecified atom stereocenters. The summed E-state index contributed by atoms with van der Waals surface area (Å²) in [4.78, 5) is 18.9. The lowest BCUT2D eigenvalue weighted by molar-refractivity contribution is 0.174. The van der Waals surface area contributed by atoms with Crippen molar-refractivity contribution in [3.05, 3.63) is 39.9 Å². The van der Waals surface area contributed by atoms with Gasteiger partial charge in [0.05, 0.1) is 11.6 Å². The molecule has 1 atom stereocenters. The first kappa shape index (κ1) is 20.7. The summed E-state index contributed by atoms with van der Waals surface area (Å²) in [7, 11) is 0. The molecule has 0 radical (unpaired) electrons. The highest BCUT2D eigenvalue weighted by Gasteiger charge is 2.33. The number of pyridine rings is 1. The minimum atomic E-state index is -0.279. The van der Waals surface area contributed by atoms with Crippen LogP contribution in [0, 0.1) is 0 Å². The molecular weight excluding hydrogens is 420 g/mol. The molecule has 3 aliphatic rings. The van der Waals surface area contributed by atoms with E-state index in [0.717, 1.165) is 55.5 Å². The molecule has 1 saturated carbocycles. The van der Waals surface area contributed by atoms with Crippen LogP contribution in [-0.4, -0.2) is 50.0 Å². The zero-order valence-corrected chi connectivity index (χ0v) is 18.8. The first-order valence-electron chi connectivity index (χ1n) is 12.3. The standard InChI is InChI=1S/C24H30N6O3/c31-24-18(12-16-13-20-21(33-15-32-20)14-19(16)25-24)22(29-10-6-1-2-7-11-29)23-26-27-28-30(23)17-8-4-3-5-9-17/h12-14,17,22H,1-11,15H2,(H,25,31). The Hall–Kier alpha value is -2.94. The minimum Gasteiger partial charge on any atom is -0.454 e. The SMILES string of the molecule is O=c1[nH]c2cc3c(cc2cc1C(c1nnnn1C1CCCCC1)N1CCCCCC1)OCO3. The van der Waals surface area contributed by atoms with E-state index in [9.17, 15) is 4.79 Å². The Balaban J connectivity index is 1.48. The number of fused-ring (bicyclic) bond motifs is 2. The van der Waals surface area contributed by atoms with Crippen LogP contribution in [0.2, 0.25) is 0 Å². The predicted octanol–water partition coefficient (Wildman–Crippen LogP) is 3.71. The molecule has 9 heteroatoms. The highest BCUT2D eigenvalue weighted by atomic mass is 16.7. The molecule has 3 aromatic rings. The minimum absolute atomic E-state index is 0.103. The van der Waals surface area contributed by atoms with Gasteiger partial charge in [-0.1, -0.05) is 32.1 Å². The first-order chi connectivity index (χ1) is 16.3. The van der Waals surface area contributed by atoms with E-state index in [-0.39, 0.29) is 18.4 Å². The van der Waals surface area contributed by atoms with Crippen molar-refractivity contribution >= 4 is 10.9 Å². The number of H-pyrrole nitrogens is 1. The number of aromatic nitrogens is 5. The molecular formula is C24H30N6O3. The number of tetrazole rings is 1. The number of likely N-dealkylation sites (tertiary alicyclic amines) is 1. The molecule has 4 heterocycles. The molecule has 1 N–H and O–H groups in total. The maximum atomic E-state index is 13.5. The molecule has 33 heavy (non-hydrogen) atoms. The fourth-order valence-electron chi connectivity index (χ4n) is 5.63. The highest BCUT2D eigenvalue weighted by Crippen LogP contribution is 2.37. The number of hydrogen-bond acceptors (Lipinski definition) is 7. The predicted molar refractivity (Wildman–Crippen MR) is 123 cm³/mol. The van der Waals surface area contributed by atoms with Gasteiger partial charge in [0.1, 0.15) is 6.04 Å². The quantitative estimate of drug-likeness (QED) is 0.647. The zero-order chi connectivity index (χ0) is 22.2. The van der Waals surface area contributed by atoms with Crippen molar-refractivity contribution in [2.75, 3.05) is 19.9 Å². The monoisotopic (exact) mass is 450 g/mol. The maximum Gasteiger partial charge on any atom is 0.253 e. The smallest absolute Gasteiger partial charge is 0.253 e. The Labute approximate surface area is 192 Å². The lowest BCUT2D eigenvalue weighted by Gasteiger charge is -2.31. The first-order valence-corrected chi connectivity index (χ1v) is 12.3. The molecule has 2 aromatic heterocycles. The van der Waals surface area contributed by atoms with E-state index in [1.54, 1.807) is 0 Å². The van der Waals surface area contributed by atoms with Crippen LogP contribution in [-0.2, 0) is 0 Å². The van der Waals surface area contributed by atoms with Gasteiger partial charge in [0, 0.05) is 17.0 Å². The Kier molecular flexibility index (Phi) is 5.49. The molecule has 1 saturated heterocycles. The number of aromatic amines is 1. The van der Waals surface area contributed by atoms with Crippen LogP contribution in [0.1, 0.15) is 81.3 Å². The Morgan fingerprint density at radius 1 is 0.939 bits per heavy atom. The highest BCUT2D eigenvalue weighted by molar-refractivity contribution is 5.83. The fraction of sp³-hybridized carbons (Fsp3) is 0.583. The molecule has 0 spiro atoms. The van der Waals surface area contributed by atoms with Gasteiger partial charge in [0.2, 0.25) is 6.79 Å². The van der Waals surface area contributed by atoms with Crippen molar-refractivity contribution in [3.8, 4) is 11.5 Å². The van der Waals surface area contributed by atoms with E-state index in [2.05, 4.69) is 25.4 Å². The average molecular weight is 451 g/mol. The summed E-state index contributed by atoms with van der Waals surface area (Å²) in [6.45, 7) is 2.07. The van der Waals surface area contributed by atoms with E-state index < -0.39 is 0 Å². The normalized spacial score (nSPS) is 20.7. The second-order valence-corrected chi connectivity index (χ2v) is 9.47. The van der Waals surface area contributed by atoms with Crippen LogP contribution in [0.5, 0.6) is 11.5 Å². The van der Waals surface area contributed by atoms with Crippen LogP contribution in [0.4, 0.5) is 0 Å². The van der Waals surface area contributed by atoms with E-state index in [1.165, 1.54) is 32.1 Å². The van der Waals surface area contributed by atoms with Gasteiger partial charge in [-0.05, 0) is 61.3 Å². The van der Waals surface area contributed by atoms with Crippen LogP contribution in [0.25, 0.3) is 10.9 Å². The summed E-state index contributed by atoms with van der Waals surface area (Å²) >= 11 is 0. The van der Waals surface area contributed by atoms with E-state index in [0.29, 0.717) is 23.1 Å². The third kappa shape index (κ3) is 3.88. The van der Waals surface area contributed by atoms with E-state index >= 15 is 0 Å². The Morgan fingerprint density at radius 3 is 2.45 bits per heavy atom. The molecule has 0 bridgehead atoms. The van der Waals surface area contributed by atoms with Gasteiger partial charge in [-0.15, -0.1) is 5.10 Å². The average Bonchev–Trinajstić information content (AvgIpc) is 3.42. The van der Waals surface area contributed by atoms with Crippen LogP contribution >= 0.6 is 0 Å². The summed E-state index contributed by atoms with van der Waals surface area (Å²) in [5, 5.41) is 13.9. The molecule has 1 aliphatic carbocycles. The number of rotatable bonds is 4. The lowest BCUT2D eigenvalue weighted by Crippen LogP contribution is -2.36. The second-order valence-electron chi connectivity index (χ2n) is 9.47. The number of benzene rings is 1. The van der Waals surface area contributed by atoms with Crippen LogP contribution in [0.15, 0.2) is 23.0 Å². The van der Waals surface area contributed by atoms with Gasteiger partial charge in [-0.25, -0.2) is 4.68 Å². The Bertz CT molecular complexity index is 1190. The van der Waals surface area contributed by atoms with Gasteiger partial charge >= 0.3 is 0 Å². The van der Waals surface area contributed by atoms with Gasteiger partial charge in [-0.3, -0.25) is 9.69 Å². The topological polar surface area (TPSA) is 98.2 Å². The van der Waals surface area contributed by atoms with Gasteiger partial charge in [0.15, 0.2) is 17.3 Å². The number of hydrogen-bond donors (Lipinski definition) is 1. The second kappa shape index (κ2) is 8.78. The summed E-state index contributed by atoms with van der Waals surface area (Å²) in [6, 6.07) is 5.80. The molecule has 0 amide bonds. The lowest BCUT2D eigenvalue weighted by atomic mass is 9.95. The van der Waals surface area contributed by atoms with Gasteiger partial charge in [-0.2, -0.15) is 0 Å². The van der Waals surface area contributed by atoms with Crippen LogP contribution in [0.3, 0.4) is 0 Å². The number of ether oxygens (including phenoxy) is 2. The molecule has 2 aliphatic heterocycles. The fourth-order valence-corrected chi connectivity index (χ4v) is 5.63. The summed E-state index contributed by atoms with van der Waals surface area (Å²) in [5.74, 6) is 2.16. The Morgan fingerprint density at radius 2 is 1.67 bits per heavy atom. The summed E-state index contributed by atoms with van der Waals surface area (Å²) < 4.78 is 13.1. The third-order valence-electron chi connectivity index (χ3n) is 7.35.